The topological polar surface area (TPSA) is 81.2 Å². The van der Waals surface area contributed by atoms with Gasteiger partial charge in [0.1, 0.15) is 0 Å². The third kappa shape index (κ3) is 4.84. The number of nitrogens with zero attached hydrogens (tertiary/aromatic N) is 2. The molecule has 3 aromatic rings. The summed E-state index contributed by atoms with van der Waals surface area (Å²) in [5.74, 6) is -0.523. The fourth-order valence-corrected chi connectivity index (χ4v) is 3.96. The van der Waals surface area contributed by atoms with Crippen LogP contribution >= 0.6 is 0 Å². The normalized spacial score (nSPS) is 14.4. The minimum atomic E-state index is -0.523. The molecule has 3 N–H and O–H groups in total. The van der Waals surface area contributed by atoms with E-state index in [0.717, 1.165) is 55.7 Å². The molecule has 4 rings (SSSR count). The maximum absolute atomic E-state index is 11.2. The number of rotatable bonds is 6. The number of fused-ring (bicyclic) bond motifs is 1. The van der Waals surface area contributed by atoms with Crippen molar-refractivity contribution >= 4 is 12.0 Å². The lowest BCUT2D eigenvalue weighted by Gasteiger charge is -2.19. The van der Waals surface area contributed by atoms with Crippen molar-refractivity contribution in [2.45, 2.75) is 19.3 Å². The molecule has 0 bridgehead atoms. The number of carbonyl (C=O) groups excluding carboxylic acids is 1. The van der Waals surface area contributed by atoms with E-state index in [-0.39, 0.29) is 0 Å². The molecule has 0 saturated carbocycles. The molecular formula is C24H26N4O2. The molecule has 0 radical (unpaired) electrons. The number of amides is 1. The smallest absolute Gasteiger partial charge is 0.267 e. The second-order valence-corrected chi connectivity index (χ2v) is 7.55. The largest absolute Gasteiger partial charge is 0.302 e. The van der Waals surface area contributed by atoms with Crippen molar-refractivity contribution in [2.24, 2.45) is 0 Å². The lowest BCUT2D eigenvalue weighted by Crippen LogP contribution is -2.28. The van der Waals surface area contributed by atoms with E-state index in [1.54, 1.807) is 11.6 Å². The van der Waals surface area contributed by atoms with Gasteiger partial charge in [-0.15, -0.1) is 0 Å². The van der Waals surface area contributed by atoms with Crippen molar-refractivity contribution in [1.29, 1.82) is 0 Å². The zero-order valence-electron chi connectivity index (χ0n) is 16.8. The molecule has 1 aromatic heterocycles. The number of H-pyrrole nitrogens is 1. The standard InChI is InChI=1S/C24H26N4O2/c29-23(27-30)9-7-18-6-8-19-10-13-28(14-11-21(19)16-18)15-12-22-17-25-26-24(22)20-4-2-1-3-5-20/h1-9,16-17,30H,10-15H2,(H,25,26)(H,27,29). The Labute approximate surface area is 176 Å². The van der Waals surface area contributed by atoms with E-state index < -0.39 is 5.91 Å². The molecule has 0 unspecified atom stereocenters. The number of aromatic amines is 1. The molecule has 0 aliphatic carbocycles. The molecule has 2 aromatic carbocycles. The van der Waals surface area contributed by atoms with Crippen molar-refractivity contribution in [2.75, 3.05) is 19.6 Å². The summed E-state index contributed by atoms with van der Waals surface area (Å²) in [6.45, 7) is 3.04. The Morgan fingerprint density at radius 3 is 2.73 bits per heavy atom. The van der Waals surface area contributed by atoms with Crippen LogP contribution < -0.4 is 5.48 Å². The first-order chi connectivity index (χ1) is 14.7. The molecule has 0 fully saturated rings. The Morgan fingerprint density at radius 2 is 1.93 bits per heavy atom. The van der Waals surface area contributed by atoms with Crippen LogP contribution in [0.2, 0.25) is 0 Å². The third-order valence-corrected chi connectivity index (χ3v) is 5.63. The van der Waals surface area contributed by atoms with Gasteiger partial charge in [0.05, 0.1) is 5.69 Å². The molecule has 154 valence electrons. The number of nitrogens with one attached hydrogen (secondary N) is 2. The molecule has 1 aliphatic rings. The van der Waals surface area contributed by atoms with Crippen molar-refractivity contribution in [3.05, 3.63) is 83.1 Å². The minimum Gasteiger partial charge on any atom is -0.302 e. The van der Waals surface area contributed by atoms with E-state index in [2.05, 4.69) is 39.4 Å². The maximum Gasteiger partial charge on any atom is 0.267 e. The van der Waals surface area contributed by atoms with E-state index in [1.807, 2.05) is 30.5 Å². The van der Waals surface area contributed by atoms with E-state index in [9.17, 15) is 4.79 Å². The van der Waals surface area contributed by atoms with Gasteiger partial charge in [0.2, 0.25) is 0 Å². The Morgan fingerprint density at radius 1 is 1.13 bits per heavy atom. The second kappa shape index (κ2) is 9.52. The quantitative estimate of drug-likeness (QED) is 0.336. The predicted octanol–water partition coefficient (Wildman–Crippen LogP) is 3.24. The average molecular weight is 402 g/mol. The number of benzene rings is 2. The number of hydroxylamine groups is 1. The first-order valence-corrected chi connectivity index (χ1v) is 10.3. The van der Waals surface area contributed by atoms with Gasteiger partial charge in [-0.05, 0) is 47.6 Å². The van der Waals surface area contributed by atoms with Crippen molar-refractivity contribution < 1.29 is 10.0 Å². The van der Waals surface area contributed by atoms with E-state index >= 15 is 0 Å². The second-order valence-electron chi connectivity index (χ2n) is 7.55. The zero-order chi connectivity index (χ0) is 20.8. The summed E-state index contributed by atoms with van der Waals surface area (Å²) >= 11 is 0. The van der Waals surface area contributed by atoms with Gasteiger partial charge in [0, 0.05) is 37.5 Å². The highest BCUT2D eigenvalue weighted by Gasteiger charge is 2.15. The first-order valence-electron chi connectivity index (χ1n) is 10.3. The number of hydrogen-bond donors (Lipinski definition) is 3. The molecule has 2 heterocycles. The van der Waals surface area contributed by atoms with Crippen LogP contribution in [-0.4, -0.2) is 45.8 Å². The lowest BCUT2D eigenvalue weighted by molar-refractivity contribution is -0.124. The molecule has 6 heteroatoms. The van der Waals surface area contributed by atoms with Crippen LogP contribution in [0, 0.1) is 0 Å². The van der Waals surface area contributed by atoms with Crippen LogP contribution in [0.4, 0.5) is 0 Å². The Balaban J connectivity index is 1.38. The highest BCUT2D eigenvalue weighted by molar-refractivity contribution is 5.90. The molecule has 1 amide bonds. The number of aromatic nitrogens is 2. The van der Waals surface area contributed by atoms with Gasteiger partial charge in [-0.3, -0.25) is 15.1 Å². The van der Waals surface area contributed by atoms with Crippen molar-refractivity contribution in [3.63, 3.8) is 0 Å². The SMILES string of the molecule is O=C(C=Cc1ccc2c(c1)CCN(CCc1c[nH]nc1-c1ccccc1)CC2)NO. The van der Waals surface area contributed by atoms with Crippen LogP contribution in [0.25, 0.3) is 17.3 Å². The van der Waals surface area contributed by atoms with Crippen LogP contribution in [-0.2, 0) is 24.1 Å². The van der Waals surface area contributed by atoms with Crippen LogP contribution in [0.3, 0.4) is 0 Å². The first kappa shape index (κ1) is 20.1. The van der Waals surface area contributed by atoms with Gasteiger partial charge in [-0.2, -0.15) is 5.10 Å². The monoisotopic (exact) mass is 402 g/mol. The highest BCUT2D eigenvalue weighted by atomic mass is 16.5. The summed E-state index contributed by atoms with van der Waals surface area (Å²) in [4.78, 5) is 13.7. The molecule has 6 nitrogen and oxygen atoms in total. The Kier molecular flexibility index (Phi) is 6.37. The molecule has 0 spiro atoms. The van der Waals surface area contributed by atoms with Crippen molar-refractivity contribution in [3.8, 4) is 11.3 Å². The van der Waals surface area contributed by atoms with Crippen LogP contribution in [0.1, 0.15) is 22.3 Å². The number of carbonyl (C=O) groups is 1. The summed E-state index contributed by atoms with van der Waals surface area (Å²) in [6, 6.07) is 16.6. The molecule has 30 heavy (non-hydrogen) atoms. The van der Waals surface area contributed by atoms with E-state index in [0.29, 0.717) is 0 Å². The van der Waals surface area contributed by atoms with Gasteiger partial charge >= 0.3 is 0 Å². The van der Waals surface area contributed by atoms with E-state index in [4.69, 9.17) is 5.21 Å². The summed E-state index contributed by atoms with van der Waals surface area (Å²) in [6.07, 6.45) is 8.03. The minimum absolute atomic E-state index is 0.523. The summed E-state index contributed by atoms with van der Waals surface area (Å²) in [5, 5.41) is 16.1. The lowest BCUT2D eigenvalue weighted by atomic mass is 10.00. The highest BCUT2D eigenvalue weighted by Crippen LogP contribution is 2.22. The van der Waals surface area contributed by atoms with Gasteiger partial charge in [-0.1, -0.05) is 48.5 Å². The Bertz CT molecular complexity index is 1030. The summed E-state index contributed by atoms with van der Waals surface area (Å²) < 4.78 is 0. The third-order valence-electron chi connectivity index (χ3n) is 5.63. The number of hydrogen-bond acceptors (Lipinski definition) is 4. The van der Waals surface area contributed by atoms with Crippen LogP contribution in [0.15, 0.2) is 60.8 Å². The summed E-state index contributed by atoms with van der Waals surface area (Å²) in [7, 11) is 0. The molecular weight excluding hydrogens is 376 g/mol. The van der Waals surface area contributed by atoms with Crippen molar-refractivity contribution in [1.82, 2.24) is 20.6 Å². The predicted molar refractivity (Wildman–Crippen MR) is 117 cm³/mol. The fraction of sp³-hybridized carbons (Fsp3) is 0.250. The van der Waals surface area contributed by atoms with Gasteiger partial charge in [0.25, 0.3) is 5.91 Å². The molecule has 1 aliphatic heterocycles. The van der Waals surface area contributed by atoms with Gasteiger partial charge in [0.15, 0.2) is 0 Å². The van der Waals surface area contributed by atoms with Gasteiger partial charge in [-0.25, -0.2) is 5.48 Å². The van der Waals surface area contributed by atoms with Crippen LogP contribution in [0.5, 0.6) is 0 Å². The fourth-order valence-electron chi connectivity index (χ4n) is 3.96. The zero-order valence-corrected chi connectivity index (χ0v) is 16.8. The molecule has 0 saturated heterocycles. The average Bonchev–Trinajstić information content (AvgIpc) is 3.17. The molecule has 0 atom stereocenters. The Hall–Kier alpha value is -3.22. The van der Waals surface area contributed by atoms with E-state index in [1.165, 1.54) is 22.8 Å². The maximum atomic E-state index is 11.2. The summed E-state index contributed by atoms with van der Waals surface area (Å²) in [5.41, 5.74) is 8.72. The van der Waals surface area contributed by atoms with Gasteiger partial charge < -0.3 is 4.90 Å².